The normalized spacial score (nSPS) is 31.1. The Morgan fingerprint density at radius 1 is 1.21 bits per heavy atom. The predicted molar refractivity (Wildman–Crippen MR) is 147 cm³/mol. The fourth-order valence-corrected chi connectivity index (χ4v) is 9.39. The number of hydrogen-bond acceptors (Lipinski definition) is 7. The summed E-state index contributed by atoms with van der Waals surface area (Å²) in [5.74, 6) is 0.647. The lowest BCUT2D eigenvalue weighted by molar-refractivity contribution is -0.185. The van der Waals surface area contributed by atoms with Gasteiger partial charge in [0.1, 0.15) is 6.10 Å². The van der Waals surface area contributed by atoms with Gasteiger partial charge in [-0.25, -0.2) is 13.1 Å². The van der Waals surface area contributed by atoms with Crippen LogP contribution in [0.3, 0.4) is 0 Å². The maximum atomic E-state index is 13.6. The molecular weight excluding hydrogens is 516 g/mol. The van der Waals surface area contributed by atoms with Gasteiger partial charge in [-0.1, -0.05) is 44.2 Å². The van der Waals surface area contributed by atoms with Gasteiger partial charge in [-0.2, -0.15) is 0 Å². The standard InChI is InChI=1S/C30H38N2O6S/c1-18(2)15-20-7-5-6-8-22(20)17-39(35,36)31-23-11-12-30(34)25-16-21-9-10-24(37-19(3)33)27-26(21)29(30,28(23)38-27)13-14-32(25)4/h5-10,18,23,25,28,31,34H,11-17H2,1-4H3/t23-,25-,28+,29+,30-/m1/s1. The minimum atomic E-state index is -3.73. The summed E-state index contributed by atoms with van der Waals surface area (Å²) in [5.41, 5.74) is 1.93. The fourth-order valence-electron chi connectivity index (χ4n) is 7.91. The molecule has 1 saturated heterocycles. The second-order valence-electron chi connectivity index (χ2n) is 12.3. The molecule has 6 rings (SSSR count). The number of ether oxygens (including phenoxy) is 2. The van der Waals surface area contributed by atoms with E-state index in [4.69, 9.17) is 9.47 Å². The van der Waals surface area contributed by atoms with Crippen LogP contribution in [0.25, 0.3) is 0 Å². The maximum absolute atomic E-state index is 13.6. The second kappa shape index (κ2) is 9.29. The number of aliphatic hydroxyl groups is 1. The highest BCUT2D eigenvalue weighted by Crippen LogP contribution is 2.65. The third-order valence-corrected chi connectivity index (χ3v) is 10.7. The van der Waals surface area contributed by atoms with E-state index in [1.54, 1.807) is 6.07 Å². The van der Waals surface area contributed by atoms with Crippen LogP contribution in [0.1, 0.15) is 62.3 Å². The van der Waals surface area contributed by atoms with Crippen LogP contribution >= 0.6 is 0 Å². The number of benzene rings is 2. The quantitative estimate of drug-likeness (QED) is 0.400. The SMILES string of the molecule is CC(=O)Oc1ccc2c3c1O[C@H]1[C@H](NS(=O)(=O)Cc4ccccc4CC(C)C)CC[C@@]4(O)[C@@H](C2)N(C)CC[C@]314. The van der Waals surface area contributed by atoms with Gasteiger partial charge in [0.15, 0.2) is 11.5 Å². The van der Waals surface area contributed by atoms with Crippen LogP contribution in [0.15, 0.2) is 36.4 Å². The van der Waals surface area contributed by atoms with Crippen molar-refractivity contribution in [3.63, 3.8) is 0 Å². The molecule has 1 saturated carbocycles. The molecule has 39 heavy (non-hydrogen) atoms. The molecule has 9 heteroatoms. The van der Waals surface area contributed by atoms with Gasteiger partial charge in [0.05, 0.1) is 22.8 Å². The number of rotatable bonds is 7. The van der Waals surface area contributed by atoms with Crippen molar-refractivity contribution in [2.75, 3.05) is 13.6 Å². The van der Waals surface area contributed by atoms with Gasteiger partial charge in [0.25, 0.3) is 0 Å². The Bertz CT molecular complexity index is 1420. The van der Waals surface area contributed by atoms with Crippen LogP contribution in [0, 0.1) is 5.92 Å². The third-order valence-electron chi connectivity index (χ3n) is 9.39. The largest absolute Gasteiger partial charge is 0.483 e. The van der Waals surface area contributed by atoms with E-state index < -0.39 is 39.2 Å². The highest BCUT2D eigenvalue weighted by molar-refractivity contribution is 7.88. The Morgan fingerprint density at radius 3 is 2.67 bits per heavy atom. The van der Waals surface area contributed by atoms with E-state index in [0.29, 0.717) is 43.1 Å². The van der Waals surface area contributed by atoms with E-state index in [-0.39, 0.29) is 11.8 Å². The minimum absolute atomic E-state index is 0.101. The zero-order valence-electron chi connectivity index (χ0n) is 23.1. The highest BCUT2D eigenvalue weighted by atomic mass is 32.2. The summed E-state index contributed by atoms with van der Waals surface area (Å²) in [5, 5.41) is 12.4. The van der Waals surface area contributed by atoms with Crippen LogP contribution in [-0.2, 0) is 38.8 Å². The van der Waals surface area contributed by atoms with Gasteiger partial charge in [0.2, 0.25) is 10.0 Å². The number of sulfonamides is 1. The van der Waals surface area contributed by atoms with Crippen LogP contribution < -0.4 is 14.2 Å². The Kier molecular flexibility index (Phi) is 6.37. The molecule has 2 fully saturated rings. The van der Waals surface area contributed by atoms with E-state index in [1.165, 1.54) is 6.92 Å². The Hall–Kier alpha value is -2.46. The molecule has 4 aliphatic rings. The van der Waals surface area contributed by atoms with E-state index >= 15 is 0 Å². The van der Waals surface area contributed by atoms with Gasteiger partial charge >= 0.3 is 5.97 Å². The summed E-state index contributed by atoms with van der Waals surface area (Å²) < 4.78 is 42.4. The monoisotopic (exact) mass is 554 g/mol. The average molecular weight is 555 g/mol. The number of nitrogens with zero attached hydrogens (tertiary/aromatic N) is 1. The Morgan fingerprint density at radius 2 is 1.95 bits per heavy atom. The summed E-state index contributed by atoms with van der Waals surface area (Å²) in [4.78, 5) is 14.1. The Labute approximate surface area is 230 Å². The number of likely N-dealkylation sites (N-methyl/N-ethyl adjacent to an activating group) is 1. The molecule has 2 aliphatic heterocycles. The highest BCUT2D eigenvalue weighted by Gasteiger charge is 2.72. The topological polar surface area (TPSA) is 105 Å². The molecule has 2 aliphatic carbocycles. The van der Waals surface area contributed by atoms with Crippen molar-refractivity contribution in [2.45, 2.75) is 87.8 Å². The molecule has 2 aromatic rings. The molecule has 0 aromatic heterocycles. The minimum Gasteiger partial charge on any atom is -0.483 e. The molecule has 0 amide bonds. The lowest BCUT2D eigenvalue weighted by atomic mass is 9.48. The summed E-state index contributed by atoms with van der Waals surface area (Å²) >= 11 is 0. The summed E-state index contributed by atoms with van der Waals surface area (Å²) in [6, 6.07) is 10.8. The van der Waals surface area contributed by atoms with Crippen LogP contribution in [0.4, 0.5) is 0 Å². The average Bonchev–Trinajstić information content (AvgIpc) is 3.21. The van der Waals surface area contributed by atoms with Crippen LogP contribution in [0.5, 0.6) is 11.5 Å². The molecule has 0 unspecified atom stereocenters. The molecule has 2 aromatic carbocycles. The van der Waals surface area contributed by atoms with Gasteiger partial charge < -0.3 is 19.5 Å². The number of piperidine rings is 1. The van der Waals surface area contributed by atoms with Gasteiger partial charge in [0, 0.05) is 18.5 Å². The van der Waals surface area contributed by atoms with Crippen LogP contribution in [-0.4, -0.2) is 61.8 Å². The first-order chi connectivity index (χ1) is 18.4. The van der Waals surface area contributed by atoms with Crippen molar-refractivity contribution in [1.82, 2.24) is 9.62 Å². The zero-order valence-corrected chi connectivity index (χ0v) is 23.9. The van der Waals surface area contributed by atoms with Gasteiger partial charge in [-0.05, 0) is 74.4 Å². The van der Waals surface area contributed by atoms with E-state index in [9.17, 15) is 18.3 Å². The lowest BCUT2D eigenvalue weighted by Gasteiger charge is -2.63. The third kappa shape index (κ3) is 4.12. The number of likely N-dealkylation sites (tertiary alicyclic amines) is 1. The van der Waals surface area contributed by atoms with E-state index in [0.717, 1.165) is 35.2 Å². The molecule has 1 spiro atoms. The van der Waals surface area contributed by atoms with Crippen molar-refractivity contribution >= 4 is 16.0 Å². The molecule has 8 nitrogen and oxygen atoms in total. The number of esters is 1. The van der Waals surface area contributed by atoms with Crippen molar-refractivity contribution < 1.29 is 27.8 Å². The predicted octanol–water partition coefficient (Wildman–Crippen LogP) is 3.08. The lowest BCUT2D eigenvalue weighted by Crippen LogP contribution is -2.77. The number of carbonyl (C=O) groups is 1. The van der Waals surface area contributed by atoms with Gasteiger partial charge in [-0.3, -0.25) is 4.79 Å². The molecule has 2 N–H and O–H groups in total. The number of hydrogen-bond donors (Lipinski definition) is 2. The summed E-state index contributed by atoms with van der Waals surface area (Å²) in [6.07, 6.45) is 2.39. The number of carbonyl (C=O) groups excluding carboxylic acids is 1. The Balaban J connectivity index is 1.38. The molecule has 2 bridgehead atoms. The van der Waals surface area contributed by atoms with Crippen molar-refractivity contribution in [2.24, 2.45) is 5.92 Å². The van der Waals surface area contributed by atoms with E-state index in [1.807, 2.05) is 37.4 Å². The van der Waals surface area contributed by atoms with Crippen molar-refractivity contribution in [3.05, 3.63) is 58.7 Å². The molecule has 0 radical (unpaired) electrons. The maximum Gasteiger partial charge on any atom is 0.308 e. The summed E-state index contributed by atoms with van der Waals surface area (Å²) in [6.45, 7) is 6.35. The van der Waals surface area contributed by atoms with Gasteiger partial charge in [-0.15, -0.1) is 0 Å². The molecule has 5 atom stereocenters. The first kappa shape index (κ1) is 26.7. The molecule has 2 heterocycles. The molecular formula is C30H38N2O6S. The molecule has 210 valence electrons. The second-order valence-corrected chi connectivity index (χ2v) is 14.0. The zero-order chi connectivity index (χ0) is 27.7. The first-order valence-corrected chi connectivity index (χ1v) is 15.6. The smallest absolute Gasteiger partial charge is 0.308 e. The van der Waals surface area contributed by atoms with Crippen molar-refractivity contribution in [1.29, 1.82) is 0 Å². The van der Waals surface area contributed by atoms with Crippen LogP contribution in [0.2, 0.25) is 0 Å². The van der Waals surface area contributed by atoms with E-state index in [2.05, 4.69) is 23.5 Å². The van der Waals surface area contributed by atoms with Crippen molar-refractivity contribution in [3.8, 4) is 11.5 Å². The first-order valence-electron chi connectivity index (χ1n) is 14.0. The number of nitrogens with one attached hydrogen (secondary N) is 1. The fraction of sp³-hybridized carbons (Fsp3) is 0.567. The summed E-state index contributed by atoms with van der Waals surface area (Å²) in [7, 11) is -1.68.